The molecule has 0 aliphatic carbocycles. The van der Waals surface area contributed by atoms with E-state index in [2.05, 4.69) is 15.3 Å². The molecule has 1 aliphatic heterocycles. The number of Topliss-reactive ketones (excluding diaryl/α,β-unsaturated/α-hetero) is 1. The molecule has 1 saturated heterocycles. The normalized spacial score (nSPS) is 18.3. The van der Waals surface area contributed by atoms with E-state index >= 15 is 0 Å². The lowest BCUT2D eigenvalue weighted by Crippen LogP contribution is -2.50. The first kappa shape index (κ1) is 28.0. The predicted molar refractivity (Wildman–Crippen MR) is 136 cm³/mol. The van der Waals surface area contributed by atoms with E-state index in [9.17, 15) is 19.2 Å². The molecule has 10 nitrogen and oxygen atoms in total. The molecule has 2 heterocycles. The van der Waals surface area contributed by atoms with E-state index in [1.165, 1.54) is 18.6 Å². The maximum atomic E-state index is 13.6. The van der Waals surface area contributed by atoms with Crippen LogP contribution in [0.1, 0.15) is 49.7 Å². The Morgan fingerprint density at radius 1 is 1.16 bits per heavy atom. The highest BCUT2D eigenvalue weighted by atomic mass is 16.6. The minimum absolute atomic E-state index is 0.0636. The molecule has 2 aromatic rings. The zero-order valence-electron chi connectivity index (χ0n) is 21.6. The third-order valence-electron chi connectivity index (χ3n) is 6.26. The van der Waals surface area contributed by atoms with Gasteiger partial charge >= 0.3 is 19.1 Å². The van der Waals surface area contributed by atoms with Gasteiger partial charge in [-0.1, -0.05) is 44.2 Å². The van der Waals surface area contributed by atoms with Crippen molar-refractivity contribution in [1.29, 1.82) is 0 Å². The van der Waals surface area contributed by atoms with Crippen LogP contribution >= 0.6 is 0 Å². The number of rotatable bonds is 10. The van der Waals surface area contributed by atoms with Gasteiger partial charge in [-0.2, -0.15) is 0 Å². The Morgan fingerprint density at radius 3 is 2.54 bits per heavy atom. The molecule has 0 bridgehead atoms. The minimum atomic E-state index is -1.20. The van der Waals surface area contributed by atoms with Crippen molar-refractivity contribution >= 4 is 30.7 Å². The summed E-state index contributed by atoms with van der Waals surface area (Å²) in [5.74, 6) is -2.32. The van der Waals surface area contributed by atoms with Gasteiger partial charge in [0, 0.05) is 24.6 Å². The lowest BCUT2D eigenvalue weighted by Gasteiger charge is -2.31. The fourth-order valence-corrected chi connectivity index (χ4v) is 4.16. The molecule has 196 valence electrons. The summed E-state index contributed by atoms with van der Waals surface area (Å²) in [5.41, 5.74) is 0.953. The molecule has 1 aromatic carbocycles. The Hall–Kier alpha value is -3.60. The number of carbonyl (C=O) groups excluding carboxylic acids is 4. The second-order valence-electron chi connectivity index (χ2n) is 9.75. The van der Waals surface area contributed by atoms with Crippen LogP contribution in [0.15, 0.2) is 48.9 Å². The van der Waals surface area contributed by atoms with Crippen molar-refractivity contribution in [3.63, 3.8) is 0 Å². The monoisotopic (exact) mass is 508 g/mol. The first-order valence-corrected chi connectivity index (χ1v) is 12.4. The topological polar surface area (TPSA) is 128 Å². The Bertz CT molecular complexity index is 1080. The zero-order valence-corrected chi connectivity index (χ0v) is 21.6. The van der Waals surface area contributed by atoms with E-state index < -0.39 is 42.9 Å². The summed E-state index contributed by atoms with van der Waals surface area (Å²) >= 11 is 0. The van der Waals surface area contributed by atoms with Crippen LogP contribution in [0.5, 0.6) is 0 Å². The highest BCUT2D eigenvalue weighted by molar-refractivity contribution is 6.51. The van der Waals surface area contributed by atoms with Crippen LogP contribution in [0.2, 0.25) is 5.82 Å². The molecule has 3 rings (SSSR count). The molecule has 37 heavy (non-hydrogen) atoms. The van der Waals surface area contributed by atoms with Gasteiger partial charge in [0.1, 0.15) is 11.7 Å². The van der Waals surface area contributed by atoms with Crippen molar-refractivity contribution in [3.8, 4) is 0 Å². The summed E-state index contributed by atoms with van der Waals surface area (Å²) in [6.07, 6.45) is 4.84. The lowest BCUT2D eigenvalue weighted by molar-refractivity contribution is -0.149. The van der Waals surface area contributed by atoms with Gasteiger partial charge < -0.3 is 14.6 Å². The zero-order chi connectivity index (χ0) is 26.9. The third kappa shape index (κ3) is 8.21. The molecule has 1 aliphatic rings. The average molecular weight is 508 g/mol. The number of hydrogen-bond acceptors (Lipinski definition) is 9. The van der Waals surface area contributed by atoms with Crippen molar-refractivity contribution in [3.05, 3.63) is 60.2 Å². The molecular formula is C26H33BN4O6. The first-order valence-electron chi connectivity index (χ1n) is 12.4. The fraction of sp³-hybridized carbons (Fsp3) is 0.462. The van der Waals surface area contributed by atoms with Gasteiger partial charge in [0.05, 0.1) is 18.8 Å². The van der Waals surface area contributed by atoms with Gasteiger partial charge in [0.2, 0.25) is 0 Å². The second-order valence-corrected chi connectivity index (χ2v) is 9.75. The van der Waals surface area contributed by atoms with Crippen LogP contribution in [-0.4, -0.2) is 71.3 Å². The van der Waals surface area contributed by atoms with E-state index in [0.717, 1.165) is 5.56 Å². The van der Waals surface area contributed by atoms with E-state index in [0.29, 0.717) is 6.42 Å². The summed E-state index contributed by atoms with van der Waals surface area (Å²) in [6.45, 7) is 5.52. The van der Waals surface area contributed by atoms with Crippen molar-refractivity contribution in [2.24, 2.45) is 5.92 Å². The van der Waals surface area contributed by atoms with Gasteiger partial charge in [-0.25, -0.2) is 4.98 Å². The third-order valence-corrected chi connectivity index (χ3v) is 6.26. The molecule has 0 radical (unpaired) electrons. The van der Waals surface area contributed by atoms with E-state index in [1.807, 2.05) is 44.2 Å². The van der Waals surface area contributed by atoms with Crippen molar-refractivity contribution < 1.29 is 28.5 Å². The van der Waals surface area contributed by atoms with Crippen LogP contribution in [0.3, 0.4) is 0 Å². The van der Waals surface area contributed by atoms with Crippen LogP contribution in [-0.2, 0) is 30.1 Å². The Labute approximate surface area is 217 Å². The van der Waals surface area contributed by atoms with Gasteiger partial charge in [-0.3, -0.25) is 29.1 Å². The maximum absolute atomic E-state index is 13.6. The maximum Gasteiger partial charge on any atom is 0.602 e. The van der Waals surface area contributed by atoms with Crippen LogP contribution in [0.4, 0.5) is 0 Å². The molecule has 1 fully saturated rings. The van der Waals surface area contributed by atoms with E-state index in [4.69, 9.17) is 9.31 Å². The van der Waals surface area contributed by atoms with Crippen molar-refractivity contribution in [2.45, 2.75) is 57.9 Å². The van der Waals surface area contributed by atoms with Gasteiger partial charge in [-0.05, 0) is 38.3 Å². The van der Waals surface area contributed by atoms with E-state index in [-0.39, 0.29) is 36.8 Å². The number of likely N-dealkylation sites (N-methyl/N-ethyl adjacent to an activating group) is 1. The SMILES string of the molecule is CC(C)C[C@H](CC(=O)[C@H](Cc1ccccc1)NC(=O)c1cnccn1)B1OC(=O)CN(C)[C@@H](C)C(=O)O1. The van der Waals surface area contributed by atoms with Crippen LogP contribution in [0.25, 0.3) is 0 Å². The smallest absolute Gasteiger partial charge is 0.498 e. The summed E-state index contributed by atoms with van der Waals surface area (Å²) < 4.78 is 11.1. The highest BCUT2D eigenvalue weighted by Gasteiger charge is 2.43. The van der Waals surface area contributed by atoms with Gasteiger partial charge in [0.15, 0.2) is 5.78 Å². The largest absolute Gasteiger partial charge is 0.602 e. The number of benzene rings is 1. The summed E-state index contributed by atoms with van der Waals surface area (Å²) in [6, 6.07) is 7.81. The van der Waals surface area contributed by atoms with Crippen LogP contribution in [0, 0.1) is 5.92 Å². The number of carbonyl (C=O) groups is 4. The number of aromatic nitrogens is 2. The molecule has 0 spiro atoms. The average Bonchev–Trinajstić information content (AvgIpc) is 2.87. The molecular weight excluding hydrogens is 475 g/mol. The Morgan fingerprint density at radius 2 is 1.89 bits per heavy atom. The lowest BCUT2D eigenvalue weighted by atomic mass is 9.64. The number of hydrogen-bond donors (Lipinski definition) is 1. The molecule has 11 heteroatoms. The summed E-state index contributed by atoms with van der Waals surface area (Å²) in [4.78, 5) is 61.1. The molecule has 1 amide bonds. The van der Waals surface area contributed by atoms with Crippen LogP contribution < -0.4 is 5.32 Å². The molecule has 3 atom stereocenters. The Kier molecular flexibility index (Phi) is 9.90. The van der Waals surface area contributed by atoms with Crippen molar-refractivity contribution in [2.75, 3.05) is 13.6 Å². The number of nitrogens with zero attached hydrogens (tertiary/aromatic N) is 3. The van der Waals surface area contributed by atoms with Gasteiger partial charge in [0.25, 0.3) is 5.91 Å². The minimum Gasteiger partial charge on any atom is -0.498 e. The predicted octanol–water partition coefficient (Wildman–Crippen LogP) is 2.10. The second kappa shape index (κ2) is 13.1. The number of ketones is 1. The van der Waals surface area contributed by atoms with E-state index in [1.54, 1.807) is 18.9 Å². The highest BCUT2D eigenvalue weighted by Crippen LogP contribution is 2.29. The number of nitrogens with one attached hydrogen (secondary N) is 1. The van der Waals surface area contributed by atoms with Crippen molar-refractivity contribution in [1.82, 2.24) is 20.2 Å². The molecule has 0 saturated carbocycles. The Balaban J connectivity index is 1.83. The fourth-order valence-electron chi connectivity index (χ4n) is 4.16. The summed E-state index contributed by atoms with van der Waals surface area (Å²) in [5, 5.41) is 2.78. The molecule has 0 unspecified atom stereocenters. The molecule has 1 aromatic heterocycles. The standard InChI is InChI=1S/C26H33BN4O6/c1-17(2)12-20(27-36-24(33)16-31(4)18(3)26(35)37-27)14-23(32)21(13-19-8-6-5-7-9-19)30-25(34)22-15-28-10-11-29-22/h5-11,15,17-18,20-21H,12-14,16H2,1-4H3,(H,30,34)/t18-,20+,21-/m0/s1. The van der Waals surface area contributed by atoms with Gasteiger partial charge in [-0.15, -0.1) is 0 Å². The quantitative estimate of drug-likeness (QED) is 0.480. The molecule has 1 N–H and O–H groups in total. The summed E-state index contributed by atoms with van der Waals surface area (Å²) in [7, 11) is 0.437. The first-order chi connectivity index (χ1) is 17.6. The number of amides is 1.